The van der Waals surface area contributed by atoms with Gasteiger partial charge in [0.05, 0.1) is 0 Å². The molecule has 0 aromatic heterocycles. The third-order valence-corrected chi connectivity index (χ3v) is 4.57. The molecule has 0 aliphatic heterocycles. The van der Waals surface area contributed by atoms with Crippen LogP contribution in [0.3, 0.4) is 0 Å². The predicted octanol–water partition coefficient (Wildman–Crippen LogP) is 3.54. The molecule has 4 heteroatoms. The van der Waals surface area contributed by atoms with E-state index in [0.717, 1.165) is 39.0 Å². The van der Waals surface area contributed by atoms with E-state index >= 15 is 0 Å². The zero-order valence-corrected chi connectivity index (χ0v) is 16.3. The summed E-state index contributed by atoms with van der Waals surface area (Å²) in [5.41, 5.74) is 10.9. The molecule has 0 unspecified atom stereocenters. The van der Waals surface area contributed by atoms with Gasteiger partial charge in [0, 0.05) is 0 Å². The Morgan fingerprint density at radius 2 is 0.583 bits per heavy atom. The molecule has 0 fully saturated rings. The first kappa shape index (κ1) is 23.8. The first-order chi connectivity index (χ1) is 11.9. The van der Waals surface area contributed by atoms with Crippen molar-refractivity contribution in [1.29, 1.82) is 0 Å². The Morgan fingerprint density at radius 1 is 0.333 bits per heavy atom. The monoisotopic (exact) mass is 342 g/mol. The largest absolute Gasteiger partial charge is 0.330 e. The Morgan fingerprint density at radius 3 is 0.875 bits per heavy atom. The lowest BCUT2D eigenvalue weighted by atomic mass is 10.1. The van der Waals surface area contributed by atoms with E-state index in [2.05, 4.69) is 10.6 Å². The van der Waals surface area contributed by atoms with Crippen LogP contribution in [0.1, 0.15) is 89.9 Å². The second-order valence-corrected chi connectivity index (χ2v) is 7.03. The summed E-state index contributed by atoms with van der Waals surface area (Å²) in [6.07, 6.45) is 19.1. The normalized spacial score (nSPS) is 11.2. The van der Waals surface area contributed by atoms with Crippen molar-refractivity contribution in [3.63, 3.8) is 0 Å². The molecule has 0 spiro atoms. The van der Waals surface area contributed by atoms with Gasteiger partial charge in [0.25, 0.3) is 0 Å². The van der Waals surface area contributed by atoms with Crippen LogP contribution in [0.5, 0.6) is 0 Å². The minimum atomic E-state index is 0.805. The number of hydrogen-bond donors (Lipinski definition) is 4. The van der Waals surface area contributed by atoms with Crippen molar-refractivity contribution < 1.29 is 0 Å². The van der Waals surface area contributed by atoms with Crippen LogP contribution in [-0.4, -0.2) is 39.3 Å². The third kappa shape index (κ3) is 21.8. The summed E-state index contributed by atoms with van der Waals surface area (Å²) in [6.45, 7) is 6.12. The Labute approximate surface area is 151 Å². The van der Waals surface area contributed by atoms with Gasteiger partial charge in [-0.05, 0) is 65.0 Å². The summed E-state index contributed by atoms with van der Waals surface area (Å²) in [6, 6.07) is 0. The van der Waals surface area contributed by atoms with E-state index in [1.807, 2.05) is 0 Å². The molecule has 0 rings (SSSR count). The van der Waals surface area contributed by atoms with Crippen LogP contribution in [0.4, 0.5) is 0 Å². The second kappa shape index (κ2) is 22.8. The van der Waals surface area contributed by atoms with E-state index in [1.54, 1.807) is 0 Å². The molecule has 146 valence electrons. The minimum absolute atomic E-state index is 0.805. The lowest BCUT2D eigenvalue weighted by Gasteiger charge is -2.05. The van der Waals surface area contributed by atoms with Crippen LogP contribution < -0.4 is 22.1 Å². The molecule has 24 heavy (non-hydrogen) atoms. The molecule has 0 aliphatic rings. The number of rotatable bonds is 21. The van der Waals surface area contributed by atoms with Crippen molar-refractivity contribution in [3.8, 4) is 0 Å². The first-order valence-corrected chi connectivity index (χ1v) is 10.7. The first-order valence-electron chi connectivity index (χ1n) is 10.7. The van der Waals surface area contributed by atoms with Gasteiger partial charge in [0.1, 0.15) is 0 Å². The van der Waals surface area contributed by atoms with E-state index < -0.39 is 0 Å². The van der Waals surface area contributed by atoms with Crippen molar-refractivity contribution in [3.05, 3.63) is 0 Å². The summed E-state index contributed by atoms with van der Waals surface area (Å²) in [4.78, 5) is 0. The molecule has 0 saturated carbocycles. The SMILES string of the molecule is NCCCNCCCCCCCCCCCCCCNCCCN. The molecule has 0 aromatic rings. The average Bonchev–Trinajstić information content (AvgIpc) is 2.60. The Bertz CT molecular complexity index is 190. The standard InChI is InChI=1S/C20H46N4/c21-15-13-19-23-17-11-9-7-5-3-1-2-4-6-8-10-12-18-24-20-14-16-22/h23-24H,1-22H2. The van der Waals surface area contributed by atoms with Crippen LogP contribution in [0.25, 0.3) is 0 Å². The highest BCUT2D eigenvalue weighted by atomic mass is 14.8. The molecule has 0 aromatic carbocycles. The van der Waals surface area contributed by atoms with Crippen molar-refractivity contribution >= 4 is 0 Å². The number of hydrogen-bond acceptors (Lipinski definition) is 4. The Hall–Kier alpha value is -0.160. The molecule has 0 amide bonds. The highest BCUT2D eigenvalue weighted by Crippen LogP contribution is 2.11. The zero-order valence-electron chi connectivity index (χ0n) is 16.3. The van der Waals surface area contributed by atoms with Gasteiger partial charge in [-0.15, -0.1) is 0 Å². The number of unbranched alkanes of at least 4 members (excludes halogenated alkanes) is 11. The van der Waals surface area contributed by atoms with Gasteiger partial charge in [-0.3, -0.25) is 0 Å². The van der Waals surface area contributed by atoms with Crippen LogP contribution >= 0.6 is 0 Å². The molecule has 0 bridgehead atoms. The van der Waals surface area contributed by atoms with Crippen molar-refractivity contribution in [2.24, 2.45) is 11.5 Å². The quantitative estimate of drug-likeness (QED) is 0.241. The van der Waals surface area contributed by atoms with Gasteiger partial charge < -0.3 is 22.1 Å². The molecule has 0 aliphatic carbocycles. The van der Waals surface area contributed by atoms with Crippen molar-refractivity contribution in [1.82, 2.24) is 10.6 Å². The van der Waals surface area contributed by atoms with E-state index in [9.17, 15) is 0 Å². The van der Waals surface area contributed by atoms with E-state index in [-0.39, 0.29) is 0 Å². The molecule has 0 radical (unpaired) electrons. The van der Waals surface area contributed by atoms with Crippen LogP contribution in [0, 0.1) is 0 Å². The zero-order chi connectivity index (χ0) is 17.6. The lowest BCUT2D eigenvalue weighted by Crippen LogP contribution is -2.19. The maximum atomic E-state index is 5.46. The van der Waals surface area contributed by atoms with Gasteiger partial charge in [0.15, 0.2) is 0 Å². The second-order valence-electron chi connectivity index (χ2n) is 7.03. The fraction of sp³-hybridized carbons (Fsp3) is 1.00. The fourth-order valence-corrected chi connectivity index (χ4v) is 2.97. The van der Waals surface area contributed by atoms with Gasteiger partial charge in [-0.1, -0.05) is 64.2 Å². The van der Waals surface area contributed by atoms with E-state index in [1.165, 1.54) is 90.1 Å². The Kier molecular flexibility index (Phi) is 22.7. The van der Waals surface area contributed by atoms with E-state index in [0.29, 0.717) is 0 Å². The summed E-state index contributed by atoms with van der Waals surface area (Å²) in [5.74, 6) is 0. The highest BCUT2D eigenvalue weighted by Gasteiger charge is 1.94. The number of nitrogens with one attached hydrogen (secondary N) is 2. The topological polar surface area (TPSA) is 76.1 Å². The fourth-order valence-electron chi connectivity index (χ4n) is 2.97. The molecule has 0 saturated heterocycles. The average molecular weight is 343 g/mol. The molecular weight excluding hydrogens is 296 g/mol. The molecule has 0 heterocycles. The summed E-state index contributed by atoms with van der Waals surface area (Å²) < 4.78 is 0. The maximum absolute atomic E-state index is 5.46. The summed E-state index contributed by atoms with van der Waals surface area (Å²) in [7, 11) is 0. The lowest BCUT2D eigenvalue weighted by molar-refractivity contribution is 0.526. The van der Waals surface area contributed by atoms with E-state index in [4.69, 9.17) is 11.5 Å². The van der Waals surface area contributed by atoms with Crippen molar-refractivity contribution in [2.75, 3.05) is 39.3 Å². The minimum Gasteiger partial charge on any atom is -0.330 e. The number of nitrogens with two attached hydrogens (primary N) is 2. The molecule has 0 atom stereocenters. The van der Waals surface area contributed by atoms with Gasteiger partial charge in [-0.25, -0.2) is 0 Å². The summed E-state index contributed by atoms with van der Waals surface area (Å²) in [5, 5.41) is 6.90. The molecule has 4 nitrogen and oxygen atoms in total. The van der Waals surface area contributed by atoms with Gasteiger partial charge in [-0.2, -0.15) is 0 Å². The third-order valence-electron chi connectivity index (χ3n) is 4.57. The van der Waals surface area contributed by atoms with Crippen LogP contribution in [0.2, 0.25) is 0 Å². The van der Waals surface area contributed by atoms with Crippen LogP contribution in [0.15, 0.2) is 0 Å². The maximum Gasteiger partial charge on any atom is -0.00369 e. The molecule has 6 N–H and O–H groups in total. The van der Waals surface area contributed by atoms with Crippen molar-refractivity contribution in [2.45, 2.75) is 89.9 Å². The van der Waals surface area contributed by atoms with Gasteiger partial charge in [0.2, 0.25) is 0 Å². The van der Waals surface area contributed by atoms with Crippen LogP contribution in [-0.2, 0) is 0 Å². The summed E-state index contributed by atoms with van der Waals surface area (Å²) >= 11 is 0. The predicted molar refractivity (Wildman–Crippen MR) is 108 cm³/mol. The molecular formula is C20H46N4. The highest BCUT2D eigenvalue weighted by molar-refractivity contribution is 4.53. The smallest absolute Gasteiger partial charge is 0.00369 e. The Balaban J connectivity index is 2.93. The van der Waals surface area contributed by atoms with Gasteiger partial charge >= 0.3 is 0 Å².